The molecule has 2 atom stereocenters. The highest BCUT2D eigenvalue weighted by Gasteiger charge is 2.24. The van der Waals surface area contributed by atoms with Crippen LogP contribution < -0.4 is 4.74 Å². The summed E-state index contributed by atoms with van der Waals surface area (Å²) in [6, 6.07) is 5.72. The monoisotopic (exact) mass is 254 g/mol. The molecule has 0 unspecified atom stereocenters. The Labute approximate surface area is 108 Å². The number of aliphatic hydroxyl groups is 1. The fourth-order valence-corrected chi connectivity index (χ4v) is 2.54. The number of benzene rings is 1. The van der Waals surface area contributed by atoms with E-state index < -0.39 is 0 Å². The molecule has 0 radical (unpaired) electrons. The topological polar surface area (TPSA) is 29.5 Å². The van der Waals surface area contributed by atoms with Crippen molar-refractivity contribution >= 4 is 11.6 Å². The van der Waals surface area contributed by atoms with Crippen LogP contribution in [0.25, 0.3) is 0 Å². The number of hydrogen-bond acceptors (Lipinski definition) is 2. The highest BCUT2D eigenvalue weighted by atomic mass is 35.5. The van der Waals surface area contributed by atoms with Gasteiger partial charge in [0.2, 0.25) is 0 Å². The van der Waals surface area contributed by atoms with Crippen LogP contribution in [0.3, 0.4) is 0 Å². The third-order valence-corrected chi connectivity index (χ3v) is 3.72. The van der Waals surface area contributed by atoms with Crippen molar-refractivity contribution in [2.45, 2.75) is 51.2 Å². The van der Waals surface area contributed by atoms with Crippen molar-refractivity contribution < 1.29 is 9.84 Å². The van der Waals surface area contributed by atoms with Gasteiger partial charge in [0.1, 0.15) is 11.9 Å². The lowest BCUT2D eigenvalue weighted by Gasteiger charge is -2.28. The zero-order valence-electron chi connectivity index (χ0n) is 10.2. The zero-order chi connectivity index (χ0) is 12.3. The van der Waals surface area contributed by atoms with Crippen molar-refractivity contribution in [3.63, 3.8) is 0 Å². The van der Waals surface area contributed by atoms with Crippen molar-refractivity contribution in [3.8, 4) is 5.75 Å². The number of rotatable bonds is 3. The molecule has 0 aromatic heterocycles. The van der Waals surface area contributed by atoms with Gasteiger partial charge in [0.25, 0.3) is 0 Å². The van der Waals surface area contributed by atoms with Gasteiger partial charge in [-0.2, -0.15) is 0 Å². The van der Waals surface area contributed by atoms with E-state index in [9.17, 15) is 5.11 Å². The summed E-state index contributed by atoms with van der Waals surface area (Å²) in [5, 5.41) is 10.6. The van der Waals surface area contributed by atoms with E-state index in [1.165, 1.54) is 0 Å². The van der Waals surface area contributed by atoms with Gasteiger partial charge in [0.05, 0.1) is 6.10 Å². The highest BCUT2D eigenvalue weighted by molar-refractivity contribution is 6.31. The van der Waals surface area contributed by atoms with Gasteiger partial charge < -0.3 is 9.84 Å². The standard InChI is InChI=1S/C14H19ClO2/c1-2-10-9-11(7-8-12(10)15)17-14-6-4-3-5-13(14)16/h7-9,13-14,16H,2-6H2,1H3/t13-,14-/m1/s1. The Morgan fingerprint density at radius 2 is 2.12 bits per heavy atom. The Hall–Kier alpha value is -0.730. The normalized spacial score (nSPS) is 24.6. The van der Waals surface area contributed by atoms with Gasteiger partial charge in [-0.15, -0.1) is 0 Å². The third-order valence-electron chi connectivity index (χ3n) is 3.35. The molecule has 2 rings (SSSR count). The molecule has 0 spiro atoms. The molecule has 0 bridgehead atoms. The van der Waals surface area contributed by atoms with Crippen LogP contribution in [-0.2, 0) is 6.42 Å². The molecule has 1 aliphatic carbocycles. The fraction of sp³-hybridized carbons (Fsp3) is 0.571. The SMILES string of the molecule is CCc1cc(O[C@@H]2CCCC[C@H]2O)ccc1Cl. The van der Waals surface area contributed by atoms with E-state index in [1.54, 1.807) is 0 Å². The lowest BCUT2D eigenvalue weighted by molar-refractivity contribution is 0.00684. The van der Waals surface area contributed by atoms with E-state index in [0.29, 0.717) is 0 Å². The molecule has 1 aliphatic rings. The van der Waals surface area contributed by atoms with Gasteiger partial charge in [-0.1, -0.05) is 24.9 Å². The Balaban J connectivity index is 2.07. The highest BCUT2D eigenvalue weighted by Crippen LogP contribution is 2.27. The molecule has 94 valence electrons. The predicted octanol–water partition coefficient (Wildman–Crippen LogP) is 3.58. The average Bonchev–Trinajstić information content (AvgIpc) is 2.34. The molecule has 0 saturated heterocycles. The molecule has 0 heterocycles. The second-order valence-corrected chi connectivity index (χ2v) is 5.02. The van der Waals surface area contributed by atoms with Crippen molar-refractivity contribution in [2.24, 2.45) is 0 Å². The van der Waals surface area contributed by atoms with Crippen molar-refractivity contribution in [2.75, 3.05) is 0 Å². The smallest absolute Gasteiger partial charge is 0.124 e. The summed E-state index contributed by atoms with van der Waals surface area (Å²) < 4.78 is 5.86. The largest absolute Gasteiger partial charge is 0.488 e. The maximum atomic E-state index is 9.86. The van der Waals surface area contributed by atoms with Gasteiger partial charge in [0, 0.05) is 5.02 Å². The number of halogens is 1. The molecule has 1 aromatic carbocycles. The first-order chi connectivity index (χ1) is 8.20. The fourth-order valence-electron chi connectivity index (χ4n) is 2.28. The van der Waals surface area contributed by atoms with E-state index in [1.807, 2.05) is 18.2 Å². The lowest BCUT2D eigenvalue weighted by atomic mass is 9.95. The molecule has 17 heavy (non-hydrogen) atoms. The van der Waals surface area contributed by atoms with E-state index in [4.69, 9.17) is 16.3 Å². The average molecular weight is 255 g/mol. The summed E-state index contributed by atoms with van der Waals surface area (Å²) in [5.41, 5.74) is 1.09. The van der Waals surface area contributed by atoms with Crippen LogP contribution in [0.5, 0.6) is 5.75 Å². The number of hydrogen-bond donors (Lipinski definition) is 1. The van der Waals surface area contributed by atoms with Gasteiger partial charge in [-0.25, -0.2) is 0 Å². The molecular formula is C14H19ClO2. The molecule has 0 amide bonds. The summed E-state index contributed by atoms with van der Waals surface area (Å²) in [4.78, 5) is 0. The van der Waals surface area contributed by atoms with Crippen LogP contribution >= 0.6 is 11.6 Å². The van der Waals surface area contributed by atoms with Gasteiger partial charge in [-0.05, 0) is 49.4 Å². The quantitative estimate of drug-likeness (QED) is 0.893. The van der Waals surface area contributed by atoms with Gasteiger partial charge in [0.15, 0.2) is 0 Å². The summed E-state index contributed by atoms with van der Waals surface area (Å²) in [6.45, 7) is 2.07. The lowest BCUT2D eigenvalue weighted by Crippen LogP contribution is -2.34. The van der Waals surface area contributed by atoms with Crippen LogP contribution in [0, 0.1) is 0 Å². The molecule has 3 heteroatoms. The Morgan fingerprint density at radius 3 is 2.82 bits per heavy atom. The zero-order valence-corrected chi connectivity index (χ0v) is 10.9. The van der Waals surface area contributed by atoms with Crippen molar-refractivity contribution in [1.29, 1.82) is 0 Å². The summed E-state index contributed by atoms with van der Waals surface area (Å²) in [5.74, 6) is 0.817. The number of aryl methyl sites for hydroxylation is 1. The molecule has 1 fully saturated rings. The minimum Gasteiger partial charge on any atom is -0.488 e. The van der Waals surface area contributed by atoms with E-state index in [-0.39, 0.29) is 12.2 Å². The molecule has 0 aliphatic heterocycles. The first-order valence-corrected chi connectivity index (χ1v) is 6.71. The molecule has 2 nitrogen and oxygen atoms in total. The molecular weight excluding hydrogens is 236 g/mol. The van der Waals surface area contributed by atoms with E-state index >= 15 is 0 Å². The Kier molecular flexibility index (Phi) is 4.30. The van der Waals surface area contributed by atoms with Gasteiger partial charge >= 0.3 is 0 Å². The Bertz CT molecular complexity index is 378. The minimum atomic E-state index is -0.329. The van der Waals surface area contributed by atoms with E-state index in [0.717, 1.165) is 48.4 Å². The first-order valence-electron chi connectivity index (χ1n) is 6.34. The van der Waals surface area contributed by atoms with Crippen molar-refractivity contribution in [3.05, 3.63) is 28.8 Å². The van der Waals surface area contributed by atoms with Crippen LogP contribution in [0.4, 0.5) is 0 Å². The van der Waals surface area contributed by atoms with E-state index in [2.05, 4.69) is 6.92 Å². The maximum Gasteiger partial charge on any atom is 0.124 e. The summed E-state index contributed by atoms with van der Waals surface area (Å²) >= 11 is 6.06. The summed E-state index contributed by atoms with van der Waals surface area (Å²) in [6.07, 6.45) is 4.52. The maximum absolute atomic E-state index is 9.86. The summed E-state index contributed by atoms with van der Waals surface area (Å²) in [7, 11) is 0. The molecule has 1 aromatic rings. The second-order valence-electron chi connectivity index (χ2n) is 4.61. The number of aliphatic hydroxyl groups excluding tert-OH is 1. The minimum absolute atomic E-state index is 0.0605. The van der Waals surface area contributed by atoms with Crippen LogP contribution in [0.1, 0.15) is 38.2 Å². The van der Waals surface area contributed by atoms with Crippen LogP contribution in [0.2, 0.25) is 5.02 Å². The Morgan fingerprint density at radius 1 is 1.35 bits per heavy atom. The predicted molar refractivity (Wildman–Crippen MR) is 69.7 cm³/mol. The van der Waals surface area contributed by atoms with Crippen LogP contribution in [0.15, 0.2) is 18.2 Å². The third kappa shape index (κ3) is 3.14. The van der Waals surface area contributed by atoms with Crippen LogP contribution in [-0.4, -0.2) is 17.3 Å². The van der Waals surface area contributed by atoms with Crippen molar-refractivity contribution in [1.82, 2.24) is 0 Å². The molecule has 1 N–H and O–H groups in total. The first kappa shape index (κ1) is 12.7. The second kappa shape index (κ2) is 5.74. The van der Waals surface area contributed by atoms with Gasteiger partial charge in [-0.3, -0.25) is 0 Å². The molecule has 1 saturated carbocycles. The number of ether oxygens (including phenoxy) is 1.